The average molecular weight is 221 g/mol. The minimum atomic E-state index is -0.132. The van der Waals surface area contributed by atoms with E-state index in [-0.39, 0.29) is 5.60 Å². The highest BCUT2D eigenvalue weighted by Gasteiger charge is 2.11. The molecule has 0 aliphatic rings. The molecule has 0 radical (unpaired) electrons. The van der Waals surface area contributed by atoms with Crippen LogP contribution in [0, 0.1) is 6.92 Å². The Morgan fingerprint density at radius 2 is 1.75 bits per heavy atom. The summed E-state index contributed by atoms with van der Waals surface area (Å²) in [5.41, 5.74) is 5.55. The van der Waals surface area contributed by atoms with Gasteiger partial charge in [-0.3, -0.25) is 4.84 Å². The molecule has 90 valence electrons. The van der Waals surface area contributed by atoms with E-state index in [2.05, 4.69) is 43.6 Å². The highest BCUT2D eigenvalue weighted by Crippen LogP contribution is 2.15. The summed E-state index contributed by atoms with van der Waals surface area (Å²) in [5, 5.41) is 0. The van der Waals surface area contributed by atoms with E-state index in [4.69, 9.17) is 4.84 Å². The Morgan fingerprint density at radius 3 is 2.25 bits per heavy atom. The third-order valence-corrected chi connectivity index (χ3v) is 2.41. The van der Waals surface area contributed by atoms with Crippen molar-refractivity contribution in [1.82, 2.24) is 5.48 Å². The molecule has 2 heteroatoms. The molecule has 0 amide bonds. The molecule has 0 aliphatic heterocycles. The summed E-state index contributed by atoms with van der Waals surface area (Å²) in [6.07, 6.45) is 0. The van der Waals surface area contributed by atoms with Crippen molar-refractivity contribution in [3.63, 3.8) is 0 Å². The third kappa shape index (κ3) is 4.77. The smallest absolute Gasteiger partial charge is 0.0812 e. The summed E-state index contributed by atoms with van der Waals surface area (Å²) in [4.78, 5) is 5.50. The Hall–Kier alpha value is -0.860. The van der Waals surface area contributed by atoms with Crippen LogP contribution < -0.4 is 5.48 Å². The van der Waals surface area contributed by atoms with Gasteiger partial charge in [-0.15, -0.1) is 0 Å². The Labute approximate surface area is 99.0 Å². The van der Waals surface area contributed by atoms with E-state index in [0.29, 0.717) is 5.92 Å². The molecule has 1 rings (SSSR count). The van der Waals surface area contributed by atoms with E-state index in [1.807, 2.05) is 20.8 Å². The van der Waals surface area contributed by atoms with Gasteiger partial charge < -0.3 is 0 Å². The SMILES string of the molecule is Cc1ccc(C(C)CNOC(C)(C)C)cc1. The average Bonchev–Trinajstić information content (AvgIpc) is 2.16. The maximum atomic E-state index is 5.50. The molecular weight excluding hydrogens is 198 g/mol. The van der Waals surface area contributed by atoms with E-state index in [9.17, 15) is 0 Å². The van der Waals surface area contributed by atoms with Gasteiger partial charge in [0.25, 0.3) is 0 Å². The second-order valence-electron chi connectivity index (χ2n) is 5.37. The zero-order valence-corrected chi connectivity index (χ0v) is 11.0. The molecule has 1 atom stereocenters. The fraction of sp³-hybridized carbons (Fsp3) is 0.571. The Balaban J connectivity index is 2.41. The van der Waals surface area contributed by atoms with Crippen molar-refractivity contribution in [1.29, 1.82) is 0 Å². The fourth-order valence-electron chi connectivity index (χ4n) is 1.40. The molecule has 2 nitrogen and oxygen atoms in total. The Bertz CT molecular complexity index is 311. The number of hydroxylamine groups is 1. The monoisotopic (exact) mass is 221 g/mol. The van der Waals surface area contributed by atoms with Crippen LogP contribution in [0.5, 0.6) is 0 Å². The van der Waals surface area contributed by atoms with Gasteiger partial charge in [0.15, 0.2) is 0 Å². The highest BCUT2D eigenvalue weighted by molar-refractivity contribution is 5.24. The van der Waals surface area contributed by atoms with E-state index in [1.165, 1.54) is 11.1 Å². The molecule has 0 saturated heterocycles. The third-order valence-electron chi connectivity index (χ3n) is 2.41. The molecule has 1 aromatic carbocycles. The van der Waals surface area contributed by atoms with Crippen molar-refractivity contribution >= 4 is 0 Å². The summed E-state index contributed by atoms with van der Waals surface area (Å²) < 4.78 is 0. The minimum absolute atomic E-state index is 0.132. The normalized spacial score (nSPS) is 13.8. The van der Waals surface area contributed by atoms with E-state index in [1.54, 1.807) is 0 Å². The van der Waals surface area contributed by atoms with Gasteiger partial charge in [-0.2, -0.15) is 0 Å². The zero-order valence-electron chi connectivity index (χ0n) is 11.0. The van der Waals surface area contributed by atoms with Gasteiger partial charge in [-0.25, -0.2) is 5.48 Å². The molecule has 0 fully saturated rings. The van der Waals surface area contributed by atoms with Crippen molar-refractivity contribution in [2.45, 2.75) is 46.1 Å². The predicted octanol–water partition coefficient (Wildman–Crippen LogP) is 3.42. The van der Waals surface area contributed by atoms with Gasteiger partial charge in [-0.05, 0) is 39.2 Å². The molecular formula is C14H23NO. The van der Waals surface area contributed by atoms with Crippen LogP contribution >= 0.6 is 0 Å². The lowest BCUT2D eigenvalue weighted by atomic mass is 10.0. The highest BCUT2D eigenvalue weighted by atomic mass is 16.7. The van der Waals surface area contributed by atoms with Crippen LogP contribution in [-0.2, 0) is 4.84 Å². The molecule has 0 heterocycles. The first-order valence-electron chi connectivity index (χ1n) is 5.86. The summed E-state index contributed by atoms with van der Waals surface area (Å²) >= 11 is 0. The van der Waals surface area contributed by atoms with Crippen LogP contribution in [0.3, 0.4) is 0 Å². The van der Waals surface area contributed by atoms with Gasteiger partial charge in [0.1, 0.15) is 0 Å². The maximum Gasteiger partial charge on any atom is 0.0812 e. The summed E-state index contributed by atoms with van der Waals surface area (Å²) in [5.74, 6) is 0.461. The standard InChI is InChI=1S/C14H23NO/c1-11-6-8-13(9-7-11)12(2)10-15-16-14(3,4)5/h6-9,12,15H,10H2,1-5H3. The van der Waals surface area contributed by atoms with E-state index >= 15 is 0 Å². The van der Waals surface area contributed by atoms with Crippen LogP contribution in [0.2, 0.25) is 0 Å². The lowest BCUT2D eigenvalue weighted by Crippen LogP contribution is -2.31. The summed E-state index contributed by atoms with van der Waals surface area (Å²) in [6.45, 7) is 11.3. The molecule has 0 aliphatic carbocycles. The van der Waals surface area contributed by atoms with E-state index < -0.39 is 0 Å². The molecule has 1 aromatic rings. The van der Waals surface area contributed by atoms with Crippen LogP contribution in [0.4, 0.5) is 0 Å². The van der Waals surface area contributed by atoms with Crippen LogP contribution in [0.15, 0.2) is 24.3 Å². The van der Waals surface area contributed by atoms with Crippen molar-refractivity contribution < 1.29 is 4.84 Å². The number of aryl methyl sites for hydroxylation is 1. The van der Waals surface area contributed by atoms with Crippen molar-refractivity contribution in [2.75, 3.05) is 6.54 Å². The summed E-state index contributed by atoms with van der Waals surface area (Å²) in [7, 11) is 0. The predicted molar refractivity (Wildman–Crippen MR) is 68.4 cm³/mol. The van der Waals surface area contributed by atoms with Crippen molar-refractivity contribution in [2.24, 2.45) is 0 Å². The quantitative estimate of drug-likeness (QED) is 0.787. The molecule has 16 heavy (non-hydrogen) atoms. The Kier molecular flexibility index (Phi) is 4.51. The van der Waals surface area contributed by atoms with Gasteiger partial charge in [0, 0.05) is 6.54 Å². The van der Waals surface area contributed by atoms with Gasteiger partial charge in [-0.1, -0.05) is 36.8 Å². The van der Waals surface area contributed by atoms with Gasteiger partial charge in [0.2, 0.25) is 0 Å². The van der Waals surface area contributed by atoms with Crippen LogP contribution in [-0.4, -0.2) is 12.1 Å². The first kappa shape index (κ1) is 13.2. The molecule has 1 N–H and O–H groups in total. The molecule has 0 saturated carbocycles. The number of rotatable bonds is 4. The molecule has 0 spiro atoms. The zero-order chi connectivity index (χ0) is 12.2. The Morgan fingerprint density at radius 1 is 1.19 bits per heavy atom. The first-order valence-corrected chi connectivity index (χ1v) is 5.86. The largest absolute Gasteiger partial charge is 0.296 e. The molecule has 0 aromatic heterocycles. The van der Waals surface area contributed by atoms with Crippen LogP contribution in [0.1, 0.15) is 44.7 Å². The second-order valence-corrected chi connectivity index (χ2v) is 5.37. The lowest BCUT2D eigenvalue weighted by molar-refractivity contribution is -0.0736. The number of hydrogen-bond acceptors (Lipinski definition) is 2. The fourth-order valence-corrected chi connectivity index (χ4v) is 1.40. The molecule has 0 bridgehead atoms. The van der Waals surface area contributed by atoms with Gasteiger partial charge >= 0.3 is 0 Å². The topological polar surface area (TPSA) is 21.3 Å². The first-order chi connectivity index (χ1) is 7.38. The van der Waals surface area contributed by atoms with Crippen molar-refractivity contribution in [3.8, 4) is 0 Å². The number of benzene rings is 1. The second kappa shape index (κ2) is 5.46. The van der Waals surface area contributed by atoms with E-state index in [0.717, 1.165) is 6.54 Å². The molecule has 1 unspecified atom stereocenters. The maximum absolute atomic E-state index is 5.50. The number of nitrogens with one attached hydrogen (secondary N) is 1. The van der Waals surface area contributed by atoms with Crippen LogP contribution in [0.25, 0.3) is 0 Å². The number of hydrogen-bond donors (Lipinski definition) is 1. The minimum Gasteiger partial charge on any atom is -0.296 e. The lowest BCUT2D eigenvalue weighted by Gasteiger charge is -2.21. The summed E-state index contributed by atoms with van der Waals surface area (Å²) in [6, 6.07) is 8.66. The van der Waals surface area contributed by atoms with Crippen molar-refractivity contribution in [3.05, 3.63) is 35.4 Å². The van der Waals surface area contributed by atoms with Gasteiger partial charge in [0.05, 0.1) is 5.60 Å².